The number of fused-ring (bicyclic) bond motifs is 1. The first-order valence-corrected chi connectivity index (χ1v) is 15.6. The third-order valence-corrected chi connectivity index (χ3v) is 8.26. The first-order valence-electron chi connectivity index (χ1n) is 15.6. The summed E-state index contributed by atoms with van der Waals surface area (Å²) in [5, 5.41) is 3.06. The third kappa shape index (κ3) is 8.34. The molecule has 2 aliphatic rings. The molecule has 0 bridgehead atoms. The van der Waals surface area contributed by atoms with Crippen molar-refractivity contribution in [2.75, 3.05) is 56.8 Å². The van der Waals surface area contributed by atoms with Gasteiger partial charge < -0.3 is 24.4 Å². The van der Waals surface area contributed by atoms with Crippen molar-refractivity contribution < 1.29 is 23.8 Å². The van der Waals surface area contributed by atoms with Crippen LogP contribution in [0.4, 0.5) is 11.4 Å². The van der Waals surface area contributed by atoms with Crippen LogP contribution in [0.2, 0.25) is 0 Å². The molecule has 0 aliphatic carbocycles. The molecule has 8 nitrogen and oxygen atoms in total. The van der Waals surface area contributed by atoms with Gasteiger partial charge in [-0.2, -0.15) is 0 Å². The van der Waals surface area contributed by atoms with Gasteiger partial charge in [-0.05, 0) is 98.0 Å². The predicted molar refractivity (Wildman–Crippen MR) is 175 cm³/mol. The van der Waals surface area contributed by atoms with Crippen LogP contribution < -0.4 is 15.0 Å². The summed E-state index contributed by atoms with van der Waals surface area (Å²) in [6.45, 7) is 6.93. The topological polar surface area (TPSA) is 80.3 Å². The van der Waals surface area contributed by atoms with Crippen molar-refractivity contribution in [1.82, 2.24) is 4.90 Å². The van der Waals surface area contributed by atoms with Gasteiger partial charge in [0, 0.05) is 63.2 Å². The molecule has 2 amide bonds. The summed E-state index contributed by atoms with van der Waals surface area (Å²) in [5.41, 5.74) is 6.23. The van der Waals surface area contributed by atoms with Gasteiger partial charge in [-0.1, -0.05) is 30.3 Å². The maximum Gasteiger partial charge on any atom is 0.251 e. The zero-order valence-corrected chi connectivity index (χ0v) is 25.8. The average molecular weight is 598 g/mol. The summed E-state index contributed by atoms with van der Waals surface area (Å²) in [7, 11) is 2.16. The fourth-order valence-corrected chi connectivity index (χ4v) is 5.71. The Labute approximate surface area is 260 Å². The molecule has 0 unspecified atom stereocenters. The fourth-order valence-electron chi connectivity index (χ4n) is 5.71. The molecule has 1 N–H and O–H groups in total. The minimum atomic E-state index is -0.160. The largest absolute Gasteiger partial charge is 0.494 e. The van der Waals surface area contributed by atoms with Crippen molar-refractivity contribution in [3.8, 4) is 16.9 Å². The first kappa shape index (κ1) is 31.4. The number of benzene rings is 3. The molecule has 1 fully saturated rings. The number of carbonyl (C=O) groups excluding carboxylic acids is 2. The molecule has 2 aliphatic heterocycles. The summed E-state index contributed by atoms with van der Waals surface area (Å²) in [5.74, 6) is 0.650. The van der Waals surface area contributed by atoms with Gasteiger partial charge in [0.15, 0.2) is 0 Å². The lowest BCUT2D eigenvalue weighted by Crippen LogP contribution is -2.36. The molecule has 2 heterocycles. The first-order chi connectivity index (χ1) is 21.5. The Morgan fingerprint density at radius 1 is 1.02 bits per heavy atom. The van der Waals surface area contributed by atoms with Gasteiger partial charge in [-0.3, -0.25) is 14.5 Å². The van der Waals surface area contributed by atoms with E-state index in [1.807, 2.05) is 67.6 Å². The van der Waals surface area contributed by atoms with Gasteiger partial charge in [0.2, 0.25) is 6.41 Å². The highest BCUT2D eigenvalue weighted by molar-refractivity contribution is 6.08. The molecule has 8 heteroatoms. The maximum absolute atomic E-state index is 13.4. The van der Waals surface area contributed by atoms with Crippen molar-refractivity contribution in [2.45, 2.75) is 45.2 Å². The molecule has 0 aromatic heterocycles. The second-order valence-electron chi connectivity index (χ2n) is 11.3. The zero-order valence-electron chi connectivity index (χ0n) is 25.8. The smallest absolute Gasteiger partial charge is 0.251 e. The molecule has 0 radical (unpaired) electrons. The third-order valence-electron chi connectivity index (χ3n) is 8.26. The van der Waals surface area contributed by atoms with Crippen molar-refractivity contribution in [3.05, 3.63) is 83.4 Å². The van der Waals surface area contributed by atoms with Crippen molar-refractivity contribution >= 4 is 29.8 Å². The summed E-state index contributed by atoms with van der Waals surface area (Å²) in [6, 6.07) is 22.5. The molecule has 44 heavy (non-hydrogen) atoms. The molecule has 3 aromatic rings. The van der Waals surface area contributed by atoms with E-state index in [0.29, 0.717) is 44.4 Å². The second-order valence-corrected chi connectivity index (χ2v) is 11.3. The molecule has 0 atom stereocenters. The Kier molecular flexibility index (Phi) is 11.2. The fraction of sp³-hybridized carbons (Fsp3) is 0.389. The van der Waals surface area contributed by atoms with E-state index in [9.17, 15) is 9.59 Å². The van der Waals surface area contributed by atoms with E-state index in [4.69, 9.17) is 14.2 Å². The number of hydrogen-bond donors (Lipinski definition) is 1. The number of nitrogens with zero attached hydrogens (tertiary/aromatic N) is 2. The monoisotopic (exact) mass is 597 g/mol. The van der Waals surface area contributed by atoms with Gasteiger partial charge in [0.05, 0.1) is 12.3 Å². The lowest BCUT2D eigenvalue weighted by Gasteiger charge is -2.31. The number of carbonyl (C=O) groups is 2. The quantitative estimate of drug-likeness (QED) is 0.188. The van der Waals surface area contributed by atoms with E-state index in [2.05, 4.69) is 29.4 Å². The highest BCUT2D eigenvalue weighted by atomic mass is 16.5. The second kappa shape index (κ2) is 15.7. The molecular formula is C36H43N3O5. The molecular weight excluding hydrogens is 554 g/mol. The zero-order chi connectivity index (χ0) is 30.7. The number of nitrogens with one attached hydrogen (secondary N) is 1. The number of hydrogen-bond acceptors (Lipinski definition) is 6. The number of ether oxygens (including phenoxy) is 3. The van der Waals surface area contributed by atoms with Crippen LogP contribution in [0.15, 0.2) is 72.3 Å². The van der Waals surface area contributed by atoms with E-state index < -0.39 is 0 Å². The van der Waals surface area contributed by atoms with Crippen LogP contribution in [-0.4, -0.2) is 69.9 Å². The van der Waals surface area contributed by atoms with Gasteiger partial charge in [0.25, 0.3) is 5.91 Å². The van der Waals surface area contributed by atoms with Crippen molar-refractivity contribution in [3.63, 3.8) is 0 Å². The van der Waals surface area contributed by atoms with Gasteiger partial charge in [-0.15, -0.1) is 0 Å². The lowest BCUT2D eigenvalue weighted by atomic mass is 10.00. The maximum atomic E-state index is 13.4. The summed E-state index contributed by atoms with van der Waals surface area (Å²) >= 11 is 0. The van der Waals surface area contributed by atoms with Crippen LogP contribution in [0.25, 0.3) is 17.2 Å². The number of rotatable bonds is 13. The Morgan fingerprint density at radius 3 is 2.50 bits per heavy atom. The van der Waals surface area contributed by atoms with Gasteiger partial charge in [0.1, 0.15) is 5.75 Å². The molecule has 0 spiro atoms. The van der Waals surface area contributed by atoms with Crippen LogP contribution in [0.1, 0.15) is 43.7 Å². The van der Waals surface area contributed by atoms with Crippen LogP contribution in [0.5, 0.6) is 5.75 Å². The Balaban J connectivity index is 1.25. The van der Waals surface area contributed by atoms with E-state index in [1.165, 1.54) is 5.56 Å². The van der Waals surface area contributed by atoms with Crippen LogP contribution in [0.3, 0.4) is 0 Å². The van der Waals surface area contributed by atoms with Crippen LogP contribution >= 0.6 is 0 Å². The molecule has 5 rings (SSSR count). The van der Waals surface area contributed by atoms with E-state index in [-0.39, 0.29) is 5.91 Å². The van der Waals surface area contributed by atoms with Crippen molar-refractivity contribution in [2.24, 2.45) is 0 Å². The molecule has 232 valence electrons. The van der Waals surface area contributed by atoms with Crippen LogP contribution in [-0.2, 0) is 25.6 Å². The predicted octanol–water partition coefficient (Wildman–Crippen LogP) is 6.16. The summed E-state index contributed by atoms with van der Waals surface area (Å²) in [6.07, 6.45) is 6.16. The van der Waals surface area contributed by atoms with E-state index in [0.717, 1.165) is 79.2 Å². The Bertz CT molecular complexity index is 1410. The number of amides is 2. The van der Waals surface area contributed by atoms with Crippen molar-refractivity contribution in [1.29, 1.82) is 0 Å². The Hall–Kier alpha value is -3.98. The SMILES string of the molecule is CCOCCCOc1ccc(-c2ccc3c(c2)C=C(C(=O)Nc2ccc(CN(C)C4CCOCC4)cc2)CCN3C=O)cc1. The lowest BCUT2D eigenvalue weighted by molar-refractivity contribution is -0.113. The highest BCUT2D eigenvalue weighted by Crippen LogP contribution is 2.33. The summed E-state index contributed by atoms with van der Waals surface area (Å²) in [4.78, 5) is 29.4. The van der Waals surface area contributed by atoms with Gasteiger partial charge in [-0.25, -0.2) is 0 Å². The summed E-state index contributed by atoms with van der Waals surface area (Å²) < 4.78 is 16.7. The molecule has 3 aromatic carbocycles. The number of anilines is 2. The molecule has 0 saturated carbocycles. The van der Waals surface area contributed by atoms with E-state index in [1.54, 1.807) is 4.90 Å². The van der Waals surface area contributed by atoms with Gasteiger partial charge >= 0.3 is 0 Å². The van der Waals surface area contributed by atoms with E-state index >= 15 is 0 Å². The standard InChI is InChI=1S/C36H43N3O5/c1-3-42-19-4-20-44-34-12-7-28(8-13-34)29-9-14-35-31(23-29)24-30(15-18-39(35)26-40)36(41)37-32-10-5-27(6-11-32)25-38(2)33-16-21-43-22-17-33/h5-14,23-24,26,33H,3-4,15-22,25H2,1-2H3,(H,37,41). The molecule has 1 saturated heterocycles. The minimum Gasteiger partial charge on any atom is -0.494 e. The minimum absolute atomic E-state index is 0.160. The highest BCUT2D eigenvalue weighted by Gasteiger charge is 2.21. The average Bonchev–Trinajstić information content (AvgIpc) is 3.25. The Morgan fingerprint density at radius 2 is 1.77 bits per heavy atom. The van der Waals surface area contributed by atoms with Crippen LogP contribution in [0, 0.1) is 0 Å². The normalized spacial score (nSPS) is 15.3.